The molecule has 4 heteroatoms. The van der Waals surface area contributed by atoms with Gasteiger partial charge >= 0.3 is 0 Å². The highest BCUT2D eigenvalue weighted by atomic mass is 16.3. The highest BCUT2D eigenvalue weighted by Crippen LogP contribution is 2.34. The van der Waals surface area contributed by atoms with E-state index < -0.39 is 0 Å². The van der Waals surface area contributed by atoms with Crippen LogP contribution < -0.4 is 11.1 Å². The van der Waals surface area contributed by atoms with Crippen LogP contribution in [0.2, 0.25) is 0 Å². The topological polar surface area (TPSA) is 75.4 Å². The minimum atomic E-state index is -0.351. The molecule has 2 aliphatic rings. The first kappa shape index (κ1) is 15.8. The molecule has 0 bridgehead atoms. The van der Waals surface area contributed by atoms with Crippen LogP contribution in [0.1, 0.15) is 64.2 Å². The molecule has 4 N–H and O–H groups in total. The van der Waals surface area contributed by atoms with Crippen molar-refractivity contribution in [2.45, 2.75) is 70.3 Å². The van der Waals surface area contributed by atoms with Gasteiger partial charge in [-0.1, -0.05) is 38.5 Å². The zero-order valence-corrected chi connectivity index (χ0v) is 12.6. The summed E-state index contributed by atoms with van der Waals surface area (Å²) in [6.45, 7) is 1.06. The van der Waals surface area contributed by atoms with Crippen LogP contribution in [-0.4, -0.2) is 30.2 Å². The summed E-state index contributed by atoms with van der Waals surface area (Å²) in [5.74, 6) is 0.355. The van der Waals surface area contributed by atoms with Crippen LogP contribution in [0.15, 0.2) is 0 Å². The number of nitrogens with one attached hydrogen (secondary N) is 1. The summed E-state index contributed by atoms with van der Waals surface area (Å²) >= 11 is 0. The number of nitrogens with two attached hydrogens (primary N) is 1. The van der Waals surface area contributed by atoms with Gasteiger partial charge < -0.3 is 16.2 Å². The molecular formula is C16H30N2O2. The average Bonchev–Trinajstić information content (AvgIpc) is 2.72. The molecule has 0 aromatic heterocycles. The van der Waals surface area contributed by atoms with Crippen LogP contribution in [0.4, 0.5) is 0 Å². The Morgan fingerprint density at radius 2 is 1.75 bits per heavy atom. The van der Waals surface area contributed by atoms with Crippen molar-refractivity contribution in [3.8, 4) is 0 Å². The highest BCUT2D eigenvalue weighted by molar-refractivity contribution is 5.82. The summed E-state index contributed by atoms with van der Waals surface area (Å²) in [5.41, 5.74) is 5.58. The van der Waals surface area contributed by atoms with Gasteiger partial charge in [-0.2, -0.15) is 0 Å². The van der Waals surface area contributed by atoms with Crippen molar-refractivity contribution >= 4 is 5.91 Å². The Morgan fingerprint density at radius 3 is 2.35 bits per heavy atom. The van der Waals surface area contributed by atoms with E-state index in [9.17, 15) is 9.90 Å². The molecule has 0 spiro atoms. The van der Waals surface area contributed by atoms with E-state index in [1.165, 1.54) is 19.3 Å². The molecule has 0 radical (unpaired) electrons. The Hall–Kier alpha value is -0.610. The lowest BCUT2D eigenvalue weighted by Gasteiger charge is -2.32. The number of aliphatic hydroxyl groups is 1. The molecule has 4 nitrogen and oxygen atoms in total. The monoisotopic (exact) mass is 282 g/mol. The number of carbonyl (C=O) groups excluding carboxylic acids is 1. The van der Waals surface area contributed by atoms with Gasteiger partial charge in [0.05, 0.1) is 11.5 Å². The van der Waals surface area contributed by atoms with Gasteiger partial charge in [0.15, 0.2) is 0 Å². The van der Waals surface area contributed by atoms with E-state index in [1.807, 2.05) is 0 Å². The number of rotatable bonds is 4. The van der Waals surface area contributed by atoms with Gasteiger partial charge in [0.25, 0.3) is 0 Å². The maximum atomic E-state index is 12.6. The molecule has 0 aromatic carbocycles. The van der Waals surface area contributed by atoms with E-state index in [0.29, 0.717) is 13.1 Å². The molecule has 2 saturated carbocycles. The molecule has 2 rings (SSSR count). The fourth-order valence-corrected chi connectivity index (χ4v) is 3.77. The molecule has 2 aliphatic carbocycles. The lowest BCUT2D eigenvalue weighted by molar-refractivity contribution is -0.131. The molecule has 2 atom stereocenters. The van der Waals surface area contributed by atoms with Crippen molar-refractivity contribution in [2.24, 2.45) is 17.1 Å². The van der Waals surface area contributed by atoms with Crippen LogP contribution in [0.25, 0.3) is 0 Å². The fraction of sp³-hybridized carbons (Fsp3) is 0.938. The molecule has 0 aliphatic heterocycles. The van der Waals surface area contributed by atoms with Gasteiger partial charge in [-0.25, -0.2) is 0 Å². The van der Waals surface area contributed by atoms with Gasteiger partial charge in [0, 0.05) is 19.0 Å². The van der Waals surface area contributed by atoms with E-state index in [1.54, 1.807) is 0 Å². The summed E-state index contributed by atoms with van der Waals surface area (Å²) in [6, 6.07) is 0. The minimum absolute atomic E-state index is 0.125. The zero-order chi connectivity index (χ0) is 14.4. The van der Waals surface area contributed by atoms with Gasteiger partial charge in [-0.3, -0.25) is 4.79 Å². The molecule has 0 saturated heterocycles. The second-order valence-corrected chi connectivity index (χ2v) is 6.72. The Balaban J connectivity index is 1.88. The second-order valence-electron chi connectivity index (χ2n) is 6.72. The van der Waals surface area contributed by atoms with Gasteiger partial charge in [0.2, 0.25) is 5.91 Å². The third-order valence-electron chi connectivity index (χ3n) is 5.33. The summed E-state index contributed by atoms with van der Waals surface area (Å²) in [7, 11) is 0. The fourth-order valence-electron chi connectivity index (χ4n) is 3.77. The van der Waals surface area contributed by atoms with E-state index in [-0.39, 0.29) is 23.3 Å². The van der Waals surface area contributed by atoms with Crippen LogP contribution in [-0.2, 0) is 4.79 Å². The molecular weight excluding hydrogens is 252 g/mol. The summed E-state index contributed by atoms with van der Waals surface area (Å²) in [6.07, 6.45) is 10.4. The molecule has 116 valence electrons. The molecule has 0 heterocycles. The second kappa shape index (κ2) is 7.41. The van der Waals surface area contributed by atoms with Crippen LogP contribution in [0, 0.1) is 11.3 Å². The summed E-state index contributed by atoms with van der Waals surface area (Å²) < 4.78 is 0. The van der Waals surface area contributed by atoms with E-state index in [2.05, 4.69) is 5.32 Å². The number of hydrogen-bond acceptors (Lipinski definition) is 3. The smallest absolute Gasteiger partial charge is 0.227 e. The minimum Gasteiger partial charge on any atom is -0.393 e. The number of aliphatic hydroxyl groups excluding tert-OH is 1. The largest absolute Gasteiger partial charge is 0.393 e. The first-order valence-corrected chi connectivity index (χ1v) is 8.34. The van der Waals surface area contributed by atoms with Crippen LogP contribution in [0.3, 0.4) is 0 Å². The quantitative estimate of drug-likeness (QED) is 0.690. The van der Waals surface area contributed by atoms with E-state index in [4.69, 9.17) is 5.73 Å². The third kappa shape index (κ3) is 3.73. The normalized spacial score (nSPS) is 30.5. The Labute approximate surface area is 122 Å². The first-order valence-electron chi connectivity index (χ1n) is 8.34. The lowest BCUT2D eigenvalue weighted by atomic mass is 9.79. The SMILES string of the molecule is NCC1(C(=O)NCC2CCCCC2O)CCCCCC1. The van der Waals surface area contributed by atoms with Crippen LogP contribution >= 0.6 is 0 Å². The molecule has 20 heavy (non-hydrogen) atoms. The number of carbonyl (C=O) groups is 1. The maximum absolute atomic E-state index is 12.6. The predicted molar refractivity (Wildman–Crippen MR) is 80.2 cm³/mol. The molecule has 2 unspecified atom stereocenters. The first-order chi connectivity index (χ1) is 9.68. The lowest BCUT2D eigenvalue weighted by Crippen LogP contribution is -2.48. The van der Waals surface area contributed by atoms with Gasteiger partial charge in [0.1, 0.15) is 0 Å². The van der Waals surface area contributed by atoms with Crippen LogP contribution in [0.5, 0.6) is 0 Å². The van der Waals surface area contributed by atoms with Gasteiger partial charge in [-0.15, -0.1) is 0 Å². The number of hydrogen-bond donors (Lipinski definition) is 3. The van der Waals surface area contributed by atoms with Gasteiger partial charge in [-0.05, 0) is 25.7 Å². The van der Waals surface area contributed by atoms with Crippen molar-refractivity contribution in [1.82, 2.24) is 5.32 Å². The van der Waals surface area contributed by atoms with Crippen molar-refractivity contribution < 1.29 is 9.90 Å². The maximum Gasteiger partial charge on any atom is 0.227 e. The van der Waals surface area contributed by atoms with Crippen molar-refractivity contribution in [3.05, 3.63) is 0 Å². The molecule has 1 amide bonds. The van der Waals surface area contributed by atoms with Crippen molar-refractivity contribution in [3.63, 3.8) is 0 Å². The summed E-state index contributed by atoms with van der Waals surface area (Å²) in [4.78, 5) is 12.6. The van der Waals surface area contributed by atoms with E-state index in [0.717, 1.165) is 44.9 Å². The van der Waals surface area contributed by atoms with E-state index >= 15 is 0 Å². The number of amides is 1. The summed E-state index contributed by atoms with van der Waals surface area (Å²) in [5, 5.41) is 13.1. The average molecular weight is 282 g/mol. The van der Waals surface area contributed by atoms with Crippen molar-refractivity contribution in [2.75, 3.05) is 13.1 Å². The zero-order valence-electron chi connectivity index (χ0n) is 12.6. The highest BCUT2D eigenvalue weighted by Gasteiger charge is 2.37. The standard InChI is InChI=1S/C16H30N2O2/c17-12-16(9-5-1-2-6-10-16)15(20)18-11-13-7-3-4-8-14(13)19/h13-14,19H,1-12,17H2,(H,18,20). The third-order valence-corrected chi connectivity index (χ3v) is 5.33. The van der Waals surface area contributed by atoms with Crippen molar-refractivity contribution in [1.29, 1.82) is 0 Å². The Morgan fingerprint density at radius 1 is 1.10 bits per heavy atom. The Bertz CT molecular complexity index is 312. The molecule has 0 aromatic rings. The molecule has 2 fully saturated rings. The Kier molecular flexibility index (Phi) is 5.85. The predicted octanol–water partition coefficient (Wildman–Crippen LogP) is 1.95.